The van der Waals surface area contributed by atoms with Crippen LogP contribution in [0.2, 0.25) is 0 Å². The van der Waals surface area contributed by atoms with Gasteiger partial charge in [0.1, 0.15) is 5.75 Å². The molecule has 114 valence electrons. The van der Waals surface area contributed by atoms with Crippen molar-refractivity contribution >= 4 is 33.0 Å². The molecule has 0 amide bonds. The summed E-state index contributed by atoms with van der Waals surface area (Å²) in [7, 11) is 0. The molecule has 0 saturated carbocycles. The highest BCUT2D eigenvalue weighted by atomic mass is 79.9. The van der Waals surface area contributed by atoms with Crippen LogP contribution < -0.4 is 10.1 Å². The molecular weight excluding hydrogens is 367 g/mol. The van der Waals surface area contributed by atoms with Crippen molar-refractivity contribution in [1.82, 2.24) is 0 Å². The van der Waals surface area contributed by atoms with Crippen LogP contribution in [-0.2, 0) is 0 Å². The molecule has 0 aliphatic heterocycles. The van der Waals surface area contributed by atoms with Crippen LogP contribution in [0.4, 0.5) is 18.9 Å². The van der Waals surface area contributed by atoms with Crippen molar-refractivity contribution in [3.05, 3.63) is 44.6 Å². The van der Waals surface area contributed by atoms with Crippen LogP contribution >= 0.6 is 27.3 Å². The molecule has 0 aliphatic rings. The highest BCUT2D eigenvalue weighted by Gasteiger charge is 2.31. The second kappa shape index (κ2) is 6.27. The maximum Gasteiger partial charge on any atom is 0.573 e. The largest absolute Gasteiger partial charge is 0.573 e. The topological polar surface area (TPSA) is 21.3 Å². The summed E-state index contributed by atoms with van der Waals surface area (Å²) in [6, 6.07) is 8.56. The lowest BCUT2D eigenvalue weighted by Crippen LogP contribution is -2.17. The number of aryl methyl sites for hydroxylation is 1. The van der Waals surface area contributed by atoms with Crippen molar-refractivity contribution in [2.45, 2.75) is 26.3 Å². The number of halogens is 4. The third-order valence-electron chi connectivity index (χ3n) is 2.73. The number of ether oxygens (including phenoxy) is 1. The van der Waals surface area contributed by atoms with E-state index in [0.717, 1.165) is 5.69 Å². The zero-order valence-electron chi connectivity index (χ0n) is 11.3. The molecule has 7 heteroatoms. The molecule has 2 nitrogen and oxygen atoms in total. The van der Waals surface area contributed by atoms with Crippen LogP contribution in [0.1, 0.15) is 22.7 Å². The molecule has 0 aliphatic carbocycles. The molecule has 2 rings (SSSR count). The van der Waals surface area contributed by atoms with Gasteiger partial charge in [-0.2, -0.15) is 0 Å². The summed E-state index contributed by atoms with van der Waals surface area (Å²) >= 11 is 4.77. The lowest BCUT2D eigenvalue weighted by atomic mass is 10.2. The molecule has 1 N–H and O–H groups in total. The van der Waals surface area contributed by atoms with Crippen LogP contribution in [0, 0.1) is 6.92 Å². The van der Waals surface area contributed by atoms with E-state index < -0.39 is 6.36 Å². The Hall–Kier alpha value is -1.21. The molecule has 21 heavy (non-hydrogen) atoms. The average molecular weight is 380 g/mol. The second-order valence-electron chi connectivity index (χ2n) is 4.51. The van der Waals surface area contributed by atoms with Crippen molar-refractivity contribution in [2.24, 2.45) is 0 Å². The Bertz CT molecular complexity index is 627. The van der Waals surface area contributed by atoms with Crippen LogP contribution in [0.5, 0.6) is 5.75 Å². The fourth-order valence-electron chi connectivity index (χ4n) is 1.81. The van der Waals surface area contributed by atoms with Crippen LogP contribution in [0.25, 0.3) is 0 Å². The van der Waals surface area contributed by atoms with Crippen LogP contribution in [0.15, 0.2) is 34.8 Å². The third-order valence-corrected chi connectivity index (χ3v) is 4.53. The predicted octanol–water partition coefficient (Wildman–Crippen LogP) is 5.89. The summed E-state index contributed by atoms with van der Waals surface area (Å²) < 4.78 is 40.8. The Morgan fingerprint density at radius 1 is 1.24 bits per heavy atom. The van der Waals surface area contributed by atoms with Crippen LogP contribution in [0.3, 0.4) is 0 Å². The summed E-state index contributed by atoms with van der Waals surface area (Å²) in [6.07, 6.45) is -4.70. The van der Waals surface area contributed by atoms with Gasteiger partial charge in [-0.15, -0.1) is 24.5 Å². The molecule has 0 radical (unpaired) electrons. The predicted molar refractivity (Wildman–Crippen MR) is 81.9 cm³/mol. The molecule has 1 atom stereocenters. The van der Waals surface area contributed by atoms with E-state index >= 15 is 0 Å². The number of anilines is 1. The normalized spacial score (nSPS) is 13.0. The van der Waals surface area contributed by atoms with Gasteiger partial charge in [0.2, 0.25) is 0 Å². The van der Waals surface area contributed by atoms with E-state index in [0.29, 0.717) is 0 Å². The number of hydrogen-bond donors (Lipinski definition) is 1. The molecule has 2 aromatic rings. The highest BCUT2D eigenvalue weighted by molar-refractivity contribution is 9.10. The molecule has 0 spiro atoms. The second-order valence-corrected chi connectivity index (χ2v) is 6.68. The van der Waals surface area contributed by atoms with Gasteiger partial charge >= 0.3 is 6.36 Å². The van der Waals surface area contributed by atoms with E-state index in [4.69, 9.17) is 0 Å². The average Bonchev–Trinajstić information content (AvgIpc) is 2.78. The van der Waals surface area contributed by atoms with Crippen molar-refractivity contribution in [3.63, 3.8) is 0 Å². The molecular formula is C14H13BrF3NOS. The number of hydrogen-bond acceptors (Lipinski definition) is 3. The summed E-state index contributed by atoms with van der Waals surface area (Å²) in [4.78, 5) is 2.38. The zero-order chi connectivity index (χ0) is 15.6. The monoisotopic (exact) mass is 379 g/mol. The quantitative estimate of drug-likeness (QED) is 0.714. The minimum absolute atomic E-state index is 0.0741. The summed E-state index contributed by atoms with van der Waals surface area (Å²) in [5.41, 5.74) is 0.718. The highest BCUT2D eigenvalue weighted by Crippen LogP contribution is 2.34. The van der Waals surface area contributed by atoms with Gasteiger partial charge in [-0.1, -0.05) is 0 Å². The third kappa shape index (κ3) is 4.64. The lowest BCUT2D eigenvalue weighted by molar-refractivity contribution is -0.274. The zero-order valence-corrected chi connectivity index (χ0v) is 13.7. The maximum atomic E-state index is 12.2. The van der Waals surface area contributed by atoms with Gasteiger partial charge in [0.15, 0.2) is 0 Å². The van der Waals surface area contributed by atoms with E-state index in [-0.39, 0.29) is 16.3 Å². The number of thiophene rings is 1. The molecule has 1 aromatic heterocycles. The number of nitrogens with one attached hydrogen (secondary N) is 1. The molecule has 1 unspecified atom stereocenters. The summed E-state index contributed by atoms with van der Waals surface area (Å²) in [5.74, 6) is -0.257. The first-order valence-corrected chi connectivity index (χ1v) is 7.74. The minimum atomic E-state index is -4.70. The van der Waals surface area contributed by atoms with Crippen molar-refractivity contribution in [1.29, 1.82) is 0 Å². The van der Waals surface area contributed by atoms with Gasteiger partial charge in [-0.25, -0.2) is 0 Å². The SMILES string of the molecule is Cc1ccc(C(C)Nc2ccc(OC(F)(F)F)c(Br)c2)s1. The Morgan fingerprint density at radius 2 is 1.95 bits per heavy atom. The Morgan fingerprint density at radius 3 is 2.48 bits per heavy atom. The smallest absolute Gasteiger partial charge is 0.405 e. The molecule has 0 saturated heterocycles. The standard InChI is InChI=1S/C14H13BrF3NOS/c1-8-3-6-13(21-8)9(2)19-10-4-5-12(11(15)7-10)20-14(16,17)18/h3-7,9,19H,1-2H3. The Kier molecular flexibility index (Phi) is 4.83. The van der Waals surface area contributed by atoms with Crippen molar-refractivity contribution < 1.29 is 17.9 Å². The summed E-state index contributed by atoms with van der Waals surface area (Å²) in [5, 5.41) is 3.25. The van der Waals surface area contributed by atoms with Gasteiger partial charge in [0.25, 0.3) is 0 Å². The van der Waals surface area contributed by atoms with Crippen molar-refractivity contribution in [3.8, 4) is 5.75 Å². The minimum Gasteiger partial charge on any atom is -0.405 e. The first kappa shape index (κ1) is 16.2. The molecule has 0 bridgehead atoms. The Balaban J connectivity index is 2.10. The van der Waals surface area contributed by atoms with Crippen molar-refractivity contribution in [2.75, 3.05) is 5.32 Å². The lowest BCUT2D eigenvalue weighted by Gasteiger charge is -2.16. The van der Waals surface area contributed by atoms with E-state index in [1.165, 1.54) is 15.8 Å². The fraction of sp³-hybridized carbons (Fsp3) is 0.286. The molecule has 1 aromatic carbocycles. The number of alkyl halides is 3. The van der Waals surface area contributed by atoms with Gasteiger partial charge < -0.3 is 10.1 Å². The molecule has 1 heterocycles. The number of benzene rings is 1. The van der Waals surface area contributed by atoms with Crippen LogP contribution in [-0.4, -0.2) is 6.36 Å². The van der Waals surface area contributed by atoms with E-state index in [2.05, 4.69) is 26.0 Å². The number of rotatable bonds is 4. The Labute approximate surface area is 133 Å². The fourth-order valence-corrected chi connectivity index (χ4v) is 3.14. The van der Waals surface area contributed by atoms with E-state index in [1.807, 2.05) is 26.0 Å². The van der Waals surface area contributed by atoms with Gasteiger partial charge in [-0.3, -0.25) is 0 Å². The molecule has 0 fully saturated rings. The summed E-state index contributed by atoms with van der Waals surface area (Å²) in [6.45, 7) is 4.03. The maximum absolute atomic E-state index is 12.2. The first-order valence-electron chi connectivity index (χ1n) is 6.13. The van der Waals surface area contributed by atoms with Gasteiger partial charge in [0.05, 0.1) is 10.5 Å². The first-order chi connectivity index (χ1) is 9.74. The van der Waals surface area contributed by atoms with Gasteiger partial charge in [0, 0.05) is 15.4 Å². The van der Waals surface area contributed by atoms with E-state index in [1.54, 1.807) is 23.5 Å². The van der Waals surface area contributed by atoms with Gasteiger partial charge in [-0.05, 0) is 60.1 Å². The van der Waals surface area contributed by atoms with E-state index in [9.17, 15) is 13.2 Å².